The molecule has 2 aromatic carbocycles. The number of para-hydroxylation sites is 1. The zero-order valence-electron chi connectivity index (χ0n) is 18.4. The molecule has 1 aliphatic rings. The second kappa shape index (κ2) is 10.7. The number of rotatable bonds is 8. The van der Waals surface area contributed by atoms with Gasteiger partial charge in [0.15, 0.2) is 0 Å². The number of fused-ring (bicyclic) bond motifs is 2. The molecule has 0 spiro atoms. The van der Waals surface area contributed by atoms with Gasteiger partial charge < -0.3 is 10.6 Å². The first kappa shape index (κ1) is 22.5. The summed E-state index contributed by atoms with van der Waals surface area (Å²) in [5, 5.41) is 16.2. The molecule has 0 saturated carbocycles. The van der Waals surface area contributed by atoms with Crippen molar-refractivity contribution >= 4 is 34.5 Å². The molecule has 170 valence electrons. The lowest BCUT2D eigenvalue weighted by atomic mass is 9.92. The minimum Gasteiger partial charge on any atom is -0.384 e. The highest BCUT2D eigenvalue weighted by Gasteiger charge is 2.17. The molecule has 0 radical (unpaired) electrons. The van der Waals surface area contributed by atoms with Crippen LogP contribution in [0, 0.1) is 0 Å². The molecule has 4 rings (SSSR count). The van der Waals surface area contributed by atoms with Gasteiger partial charge in [0.05, 0.1) is 5.52 Å². The first-order valence-corrected chi connectivity index (χ1v) is 11.3. The molecule has 7 heteroatoms. The topological polar surface area (TPSA) is 103 Å². The minimum absolute atomic E-state index is 0.134. The standard InChI is InChI=1S/C26H28N4O3/c31-24(30-33)15-12-18-10-13-19(14-11-18)26(32)28-17-5-16-27-25-20-6-1-3-8-22(20)29-23-9-4-2-7-21(23)25/h1,3,6,8,10-15,33H,2,4-5,7,9,16-17H2,(H,27,29)(H,28,32)(H,30,31). The average molecular weight is 445 g/mol. The lowest BCUT2D eigenvalue weighted by Gasteiger charge is -2.21. The molecular weight excluding hydrogens is 416 g/mol. The van der Waals surface area contributed by atoms with E-state index in [1.54, 1.807) is 30.3 Å². The fraction of sp³-hybridized carbons (Fsp3) is 0.269. The van der Waals surface area contributed by atoms with E-state index in [1.165, 1.54) is 41.3 Å². The van der Waals surface area contributed by atoms with Crippen molar-refractivity contribution in [2.24, 2.45) is 0 Å². The van der Waals surface area contributed by atoms with Crippen LogP contribution in [0.3, 0.4) is 0 Å². The number of hydroxylamine groups is 1. The Bertz CT molecular complexity index is 1170. The van der Waals surface area contributed by atoms with Crippen molar-refractivity contribution in [1.82, 2.24) is 15.8 Å². The van der Waals surface area contributed by atoms with Gasteiger partial charge in [-0.3, -0.25) is 19.8 Å². The Labute approximate surface area is 192 Å². The second-order valence-electron chi connectivity index (χ2n) is 8.10. The number of benzene rings is 2. The molecule has 7 nitrogen and oxygen atoms in total. The molecule has 1 aliphatic carbocycles. The van der Waals surface area contributed by atoms with Crippen LogP contribution in [0.2, 0.25) is 0 Å². The predicted octanol–water partition coefficient (Wildman–Crippen LogP) is 3.86. The van der Waals surface area contributed by atoms with Gasteiger partial charge in [-0.2, -0.15) is 0 Å². The van der Waals surface area contributed by atoms with Gasteiger partial charge in [0.2, 0.25) is 0 Å². The highest BCUT2D eigenvalue weighted by molar-refractivity contribution is 5.95. The Balaban J connectivity index is 1.30. The average Bonchev–Trinajstić information content (AvgIpc) is 2.86. The molecule has 4 N–H and O–H groups in total. The van der Waals surface area contributed by atoms with Crippen LogP contribution < -0.4 is 16.1 Å². The number of carbonyl (C=O) groups is 2. The van der Waals surface area contributed by atoms with Crippen LogP contribution in [0.1, 0.15) is 46.4 Å². The van der Waals surface area contributed by atoms with Gasteiger partial charge >= 0.3 is 0 Å². The van der Waals surface area contributed by atoms with Crippen LogP contribution in [0.4, 0.5) is 5.69 Å². The Kier molecular flexibility index (Phi) is 7.32. The predicted molar refractivity (Wildman–Crippen MR) is 129 cm³/mol. The number of carbonyl (C=O) groups excluding carboxylic acids is 2. The lowest BCUT2D eigenvalue weighted by molar-refractivity contribution is -0.124. The van der Waals surface area contributed by atoms with Gasteiger partial charge in [0, 0.05) is 41.5 Å². The summed E-state index contributed by atoms with van der Waals surface area (Å²) in [4.78, 5) is 28.3. The third-order valence-electron chi connectivity index (χ3n) is 5.82. The van der Waals surface area contributed by atoms with E-state index in [1.807, 2.05) is 12.1 Å². The first-order chi connectivity index (χ1) is 16.2. The van der Waals surface area contributed by atoms with Gasteiger partial charge in [0.1, 0.15) is 0 Å². The summed E-state index contributed by atoms with van der Waals surface area (Å²) in [7, 11) is 0. The van der Waals surface area contributed by atoms with Crippen molar-refractivity contribution in [2.45, 2.75) is 32.1 Å². The van der Waals surface area contributed by atoms with E-state index < -0.39 is 5.91 Å². The molecule has 1 heterocycles. The number of anilines is 1. The van der Waals surface area contributed by atoms with Crippen molar-refractivity contribution in [2.75, 3.05) is 18.4 Å². The molecule has 0 unspecified atom stereocenters. The Morgan fingerprint density at radius 3 is 2.61 bits per heavy atom. The van der Waals surface area contributed by atoms with Crippen molar-refractivity contribution in [3.63, 3.8) is 0 Å². The largest absolute Gasteiger partial charge is 0.384 e. The zero-order chi connectivity index (χ0) is 23.0. The molecular formula is C26H28N4O3. The second-order valence-corrected chi connectivity index (χ2v) is 8.10. The number of amides is 2. The van der Waals surface area contributed by atoms with Crippen LogP contribution in [-0.2, 0) is 17.6 Å². The van der Waals surface area contributed by atoms with Crippen LogP contribution >= 0.6 is 0 Å². The normalized spacial score (nSPS) is 13.0. The minimum atomic E-state index is -0.606. The molecule has 0 fully saturated rings. The summed E-state index contributed by atoms with van der Waals surface area (Å²) < 4.78 is 0. The molecule has 0 bridgehead atoms. The van der Waals surface area contributed by atoms with Crippen LogP contribution in [-0.4, -0.2) is 35.1 Å². The smallest absolute Gasteiger partial charge is 0.267 e. The van der Waals surface area contributed by atoms with E-state index >= 15 is 0 Å². The molecule has 0 atom stereocenters. The Morgan fingerprint density at radius 2 is 1.79 bits per heavy atom. The van der Waals surface area contributed by atoms with Gasteiger partial charge in [-0.15, -0.1) is 0 Å². The molecule has 3 aromatic rings. The fourth-order valence-corrected chi connectivity index (χ4v) is 4.14. The van der Waals surface area contributed by atoms with E-state index in [2.05, 4.69) is 22.8 Å². The summed E-state index contributed by atoms with van der Waals surface area (Å²) in [6.45, 7) is 1.33. The number of hydrogen-bond acceptors (Lipinski definition) is 5. The van der Waals surface area contributed by atoms with E-state index in [0.29, 0.717) is 12.1 Å². The molecule has 1 aromatic heterocycles. The highest BCUT2D eigenvalue weighted by atomic mass is 16.5. The van der Waals surface area contributed by atoms with Gasteiger partial charge in [0.25, 0.3) is 11.8 Å². The number of aryl methyl sites for hydroxylation is 1. The molecule has 0 aliphatic heterocycles. The number of aromatic nitrogens is 1. The van der Waals surface area contributed by atoms with Crippen molar-refractivity contribution in [3.05, 3.63) is 77.0 Å². The third-order valence-corrected chi connectivity index (χ3v) is 5.82. The van der Waals surface area contributed by atoms with E-state index in [9.17, 15) is 9.59 Å². The lowest BCUT2D eigenvalue weighted by Crippen LogP contribution is -2.26. The first-order valence-electron chi connectivity index (χ1n) is 11.3. The quantitative estimate of drug-likeness (QED) is 0.183. The monoisotopic (exact) mass is 444 g/mol. The summed E-state index contributed by atoms with van der Waals surface area (Å²) >= 11 is 0. The number of nitrogens with zero attached hydrogens (tertiary/aromatic N) is 1. The number of pyridine rings is 1. The molecule has 33 heavy (non-hydrogen) atoms. The van der Waals surface area contributed by atoms with Crippen LogP contribution in [0.5, 0.6) is 0 Å². The summed E-state index contributed by atoms with van der Waals surface area (Å²) in [6.07, 6.45) is 8.05. The van der Waals surface area contributed by atoms with Gasteiger partial charge in [-0.1, -0.05) is 30.3 Å². The zero-order valence-corrected chi connectivity index (χ0v) is 18.4. The maximum absolute atomic E-state index is 12.4. The molecule has 2 amide bonds. The van der Waals surface area contributed by atoms with E-state index in [0.717, 1.165) is 42.3 Å². The van der Waals surface area contributed by atoms with Crippen molar-refractivity contribution in [1.29, 1.82) is 0 Å². The Hall–Kier alpha value is -3.71. The van der Waals surface area contributed by atoms with Crippen LogP contribution in [0.25, 0.3) is 17.0 Å². The maximum Gasteiger partial charge on any atom is 0.267 e. The molecule has 0 saturated heterocycles. The van der Waals surface area contributed by atoms with Crippen molar-refractivity contribution < 1.29 is 14.8 Å². The van der Waals surface area contributed by atoms with Gasteiger partial charge in [-0.05, 0) is 67.5 Å². The summed E-state index contributed by atoms with van der Waals surface area (Å²) in [5.41, 5.74) is 7.63. The maximum atomic E-state index is 12.4. The van der Waals surface area contributed by atoms with E-state index in [-0.39, 0.29) is 5.91 Å². The Morgan fingerprint density at radius 1 is 1.00 bits per heavy atom. The van der Waals surface area contributed by atoms with E-state index in [4.69, 9.17) is 10.2 Å². The van der Waals surface area contributed by atoms with Crippen molar-refractivity contribution in [3.8, 4) is 0 Å². The summed E-state index contributed by atoms with van der Waals surface area (Å²) in [5.74, 6) is -0.740. The third kappa shape index (κ3) is 5.56. The fourth-order valence-electron chi connectivity index (χ4n) is 4.14. The number of hydrogen-bond donors (Lipinski definition) is 4. The number of nitrogens with one attached hydrogen (secondary N) is 3. The SMILES string of the molecule is O=C(C=Cc1ccc(C(=O)NCCCNc2c3c(nc4ccccc24)CCCC3)cc1)NO. The van der Waals surface area contributed by atoms with Gasteiger partial charge in [-0.25, -0.2) is 5.48 Å². The highest BCUT2D eigenvalue weighted by Crippen LogP contribution is 2.33. The van der Waals surface area contributed by atoms with Crippen LogP contribution in [0.15, 0.2) is 54.6 Å². The summed E-state index contributed by atoms with van der Waals surface area (Å²) in [6, 6.07) is 15.2.